The first-order valence-corrected chi connectivity index (χ1v) is 7.80. The van der Waals surface area contributed by atoms with Gasteiger partial charge in [0.05, 0.1) is 0 Å². The summed E-state index contributed by atoms with van der Waals surface area (Å²) in [5.74, 6) is -0.299. The first-order valence-electron chi connectivity index (χ1n) is 7.80. The minimum Gasteiger partial charge on any atom is -0.483 e. The predicted octanol–water partition coefficient (Wildman–Crippen LogP) is 3.09. The van der Waals surface area contributed by atoms with E-state index in [0.717, 1.165) is 16.7 Å². The molecule has 25 heavy (non-hydrogen) atoms. The van der Waals surface area contributed by atoms with Gasteiger partial charge >= 0.3 is 5.97 Å². The highest BCUT2D eigenvalue weighted by atomic mass is 16.5. The van der Waals surface area contributed by atoms with Crippen molar-refractivity contribution < 1.29 is 24.2 Å². The molecular weight excluding hydrogens is 322 g/mol. The molecule has 0 heterocycles. The Labute approximate surface area is 146 Å². The summed E-state index contributed by atoms with van der Waals surface area (Å²) in [5.41, 5.74) is 3.61. The molecule has 2 N–H and O–H groups in total. The van der Waals surface area contributed by atoms with Crippen LogP contribution in [0.4, 0.5) is 5.69 Å². The Balaban J connectivity index is 1.94. The van der Waals surface area contributed by atoms with Crippen molar-refractivity contribution in [3.05, 3.63) is 53.1 Å². The Morgan fingerprint density at radius 2 is 1.68 bits per heavy atom. The quantitative estimate of drug-likeness (QED) is 0.807. The zero-order valence-corrected chi connectivity index (χ0v) is 14.5. The van der Waals surface area contributed by atoms with Crippen molar-refractivity contribution in [2.75, 3.05) is 18.5 Å². The van der Waals surface area contributed by atoms with Crippen LogP contribution in [0, 0.1) is 20.8 Å². The van der Waals surface area contributed by atoms with E-state index < -0.39 is 12.6 Å². The van der Waals surface area contributed by atoms with E-state index in [4.69, 9.17) is 14.6 Å². The van der Waals surface area contributed by atoms with Crippen LogP contribution in [0.1, 0.15) is 16.7 Å². The average Bonchev–Trinajstić information content (AvgIpc) is 2.52. The fourth-order valence-electron chi connectivity index (χ4n) is 2.54. The van der Waals surface area contributed by atoms with Gasteiger partial charge in [0.1, 0.15) is 11.5 Å². The molecule has 2 rings (SSSR count). The van der Waals surface area contributed by atoms with Crippen LogP contribution in [0.2, 0.25) is 0 Å². The van der Waals surface area contributed by atoms with Crippen molar-refractivity contribution in [1.82, 2.24) is 0 Å². The fraction of sp³-hybridized carbons (Fsp3) is 0.263. The third-order valence-electron chi connectivity index (χ3n) is 3.43. The number of aryl methyl sites for hydroxylation is 3. The van der Waals surface area contributed by atoms with Gasteiger partial charge in [-0.25, -0.2) is 4.79 Å². The van der Waals surface area contributed by atoms with Gasteiger partial charge in [-0.3, -0.25) is 4.79 Å². The van der Waals surface area contributed by atoms with Gasteiger partial charge in [0, 0.05) is 11.8 Å². The lowest BCUT2D eigenvalue weighted by Crippen LogP contribution is -2.20. The third-order valence-corrected chi connectivity index (χ3v) is 3.43. The summed E-state index contributed by atoms with van der Waals surface area (Å²) in [6.45, 7) is 5.33. The molecule has 1 amide bonds. The molecule has 0 saturated heterocycles. The van der Waals surface area contributed by atoms with E-state index in [1.807, 2.05) is 32.9 Å². The number of hydrogen-bond donors (Lipinski definition) is 2. The lowest BCUT2D eigenvalue weighted by atomic mass is 10.1. The third kappa shape index (κ3) is 5.53. The average molecular weight is 343 g/mol. The number of hydrogen-bond acceptors (Lipinski definition) is 4. The van der Waals surface area contributed by atoms with Gasteiger partial charge in [0.25, 0.3) is 5.91 Å². The lowest BCUT2D eigenvalue weighted by molar-refractivity contribution is -0.139. The number of ether oxygens (including phenoxy) is 2. The predicted molar refractivity (Wildman–Crippen MR) is 94.4 cm³/mol. The van der Waals surface area contributed by atoms with Gasteiger partial charge in [-0.2, -0.15) is 0 Å². The second kappa shape index (κ2) is 8.19. The summed E-state index contributed by atoms with van der Waals surface area (Å²) < 4.78 is 10.7. The van der Waals surface area contributed by atoms with Gasteiger partial charge in [-0.15, -0.1) is 0 Å². The summed E-state index contributed by atoms with van der Waals surface area (Å²) in [7, 11) is 0. The van der Waals surface area contributed by atoms with Crippen LogP contribution in [0.3, 0.4) is 0 Å². The van der Waals surface area contributed by atoms with Crippen LogP contribution >= 0.6 is 0 Å². The summed E-state index contributed by atoms with van der Waals surface area (Å²) >= 11 is 0. The number of carboxylic acids is 1. The SMILES string of the molecule is Cc1cc(C)c(OCC(=O)Nc2cccc(OCC(=O)O)c2)c(C)c1. The van der Waals surface area contributed by atoms with Crippen molar-refractivity contribution in [2.45, 2.75) is 20.8 Å². The van der Waals surface area contributed by atoms with Gasteiger partial charge in [0.2, 0.25) is 0 Å². The number of carbonyl (C=O) groups excluding carboxylic acids is 1. The van der Waals surface area contributed by atoms with Gasteiger partial charge in [0.15, 0.2) is 13.2 Å². The van der Waals surface area contributed by atoms with Crippen LogP contribution in [0.5, 0.6) is 11.5 Å². The molecule has 0 radical (unpaired) electrons. The molecule has 2 aromatic rings. The zero-order valence-electron chi connectivity index (χ0n) is 14.5. The van der Waals surface area contributed by atoms with Crippen LogP contribution in [-0.2, 0) is 9.59 Å². The van der Waals surface area contributed by atoms with Gasteiger partial charge < -0.3 is 19.9 Å². The van der Waals surface area contributed by atoms with Crippen molar-refractivity contribution in [3.8, 4) is 11.5 Å². The van der Waals surface area contributed by atoms with Crippen molar-refractivity contribution in [3.63, 3.8) is 0 Å². The number of rotatable bonds is 7. The number of anilines is 1. The van der Waals surface area contributed by atoms with E-state index in [9.17, 15) is 9.59 Å². The maximum absolute atomic E-state index is 12.1. The monoisotopic (exact) mass is 343 g/mol. The van der Waals surface area contributed by atoms with E-state index in [-0.39, 0.29) is 12.5 Å². The van der Waals surface area contributed by atoms with E-state index in [2.05, 4.69) is 5.32 Å². The first kappa shape index (κ1) is 18.3. The molecule has 6 heteroatoms. The molecular formula is C19H21NO5. The second-order valence-corrected chi connectivity index (χ2v) is 5.77. The second-order valence-electron chi connectivity index (χ2n) is 5.77. The molecule has 0 aliphatic heterocycles. The van der Waals surface area contributed by atoms with E-state index in [1.54, 1.807) is 24.3 Å². The molecule has 0 spiro atoms. The Kier molecular flexibility index (Phi) is 6.00. The largest absolute Gasteiger partial charge is 0.483 e. The highest BCUT2D eigenvalue weighted by molar-refractivity contribution is 5.92. The molecule has 0 atom stereocenters. The number of nitrogens with one attached hydrogen (secondary N) is 1. The lowest BCUT2D eigenvalue weighted by Gasteiger charge is -2.13. The van der Waals surface area contributed by atoms with E-state index >= 15 is 0 Å². The molecule has 6 nitrogen and oxygen atoms in total. The van der Waals surface area contributed by atoms with Crippen LogP contribution < -0.4 is 14.8 Å². The summed E-state index contributed by atoms with van der Waals surface area (Å²) in [6, 6.07) is 10.5. The number of amides is 1. The van der Waals surface area contributed by atoms with Crippen LogP contribution in [0.15, 0.2) is 36.4 Å². The molecule has 0 fully saturated rings. The maximum Gasteiger partial charge on any atom is 0.341 e. The maximum atomic E-state index is 12.1. The normalized spacial score (nSPS) is 10.2. The minimum absolute atomic E-state index is 0.120. The van der Waals surface area contributed by atoms with Crippen molar-refractivity contribution in [2.24, 2.45) is 0 Å². The number of aliphatic carboxylic acids is 1. The summed E-state index contributed by atoms with van der Waals surface area (Å²) in [5, 5.41) is 11.3. The smallest absolute Gasteiger partial charge is 0.341 e. The molecule has 0 bridgehead atoms. The molecule has 0 aliphatic carbocycles. The summed E-state index contributed by atoms with van der Waals surface area (Å²) in [4.78, 5) is 22.6. The molecule has 2 aromatic carbocycles. The molecule has 132 valence electrons. The standard InChI is InChI=1S/C19H21NO5/c1-12-7-13(2)19(14(3)8-12)25-10-17(21)20-15-5-4-6-16(9-15)24-11-18(22)23/h4-9H,10-11H2,1-3H3,(H,20,21)(H,22,23). The fourth-order valence-corrected chi connectivity index (χ4v) is 2.54. The van der Waals surface area contributed by atoms with Crippen LogP contribution in [-0.4, -0.2) is 30.2 Å². The highest BCUT2D eigenvalue weighted by Crippen LogP contribution is 2.24. The Bertz CT molecular complexity index is 762. The topological polar surface area (TPSA) is 84.9 Å². The Morgan fingerprint density at radius 3 is 2.32 bits per heavy atom. The van der Waals surface area contributed by atoms with Crippen molar-refractivity contribution >= 4 is 17.6 Å². The molecule has 0 aromatic heterocycles. The van der Waals surface area contributed by atoms with E-state index in [1.165, 1.54) is 0 Å². The summed E-state index contributed by atoms with van der Waals surface area (Å²) in [6.07, 6.45) is 0. The van der Waals surface area contributed by atoms with E-state index in [0.29, 0.717) is 17.2 Å². The number of carboxylic acid groups (broad SMARTS) is 1. The molecule has 0 unspecified atom stereocenters. The van der Waals surface area contributed by atoms with Gasteiger partial charge in [-0.1, -0.05) is 23.8 Å². The van der Waals surface area contributed by atoms with Crippen molar-refractivity contribution in [1.29, 1.82) is 0 Å². The minimum atomic E-state index is -1.06. The Hall–Kier alpha value is -3.02. The first-order chi connectivity index (χ1) is 11.8. The molecule has 0 saturated carbocycles. The highest BCUT2D eigenvalue weighted by Gasteiger charge is 2.09. The van der Waals surface area contributed by atoms with Gasteiger partial charge in [-0.05, 0) is 44.0 Å². The number of carbonyl (C=O) groups is 2. The van der Waals surface area contributed by atoms with Crippen LogP contribution in [0.25, 0.3) is 0 Å². The molecule has 0 aliphatic rings. The Morgan fingerprint density at radius 1 is 1.00 bits per heavy atom. The number of benzene rings is 2. The zero-order chi connectivity index (χ0) is 18.4.